The summed E-state index contributed by atoms with van der Waals surface area (Å²) in [5, 5.41) is 0. The second-order valence-corrected chi connectivity index (χ2v) is 1.30. The molecule has 1 unspecified atom stereocenters. The highest BCUT2D eigenvalue weighted by Gasteiger charge is 2.13. The number of hydrogen-bond donors (Lipinski definition) is 0. The van der Waals surface area contributed by atoms with E-state index in [2.05, 4.69) is 11.7 Å². The van der Waals surface area contributed by atoms with Gasteiger partial charge in [0.2, 0.25) is 0 Å². The summed E-state index contributed by atoms with van der Waals surface area (Å²) in [4.78, 5) is 3.62. The van der Waals surface area contributed by atoms with Gasteiger partial charge in [-0.05, 0) is 6.72 Å². The van der Waals surface area contributed by atoms with E-state index in [-0.39, 0.29) is 6.23 Å². The Hall–Kier alpha value is -0.370. The third kappa shape index (κ3) is 0.431. The van der Waals surface area contributed by atoms with Gasteiger partial charge in [-0.3, -0.25) is 4.99 Å². The summed E-state index contributed by atoms with van der Waals surface area (Å²) in [6.45, 7) is 4.17. The summed E-state index contributed by atoms with van der Waals surface area (Å²) < 4.78 is 4.85. The summed E-state index contributed by atoms with van der Waals surface area (Å²) >= 11 is 0. The Balaban J connectivity index is 2.16. The molecule has 1 atom stereocenters. The monoisotopic (exact) mass is 85.1 g/mol. The first-order valence-corrected chi connectivity index (χ1v) is 2.01. The van der Waals surface area contributed by atoms with Crippen LogP contribution in [0.5, 0.6) is 0 Å². The molecule has 0 radical (unpaired) electrons. The number of aliphatic imine (C=N–C) groups is 1. The molecule has 0 bridgehead atoms. The molecule has 6 heavy (non-hydrogen) atoms. The van der Waals surface area contributed by atoms with Crippen molar-refractivity contribution in [2.45, 2.75) is 12.6 Å². The van der Waals surface area contributed by atoms with E-state index in [1.54, 1.807) is 0 Å². The van der Waals surface area contributed by atoms with Crippen molar-refractivity contribution in [3.63, 3.8) is 0 Å². The van der Waals surface area contributed by atoms with Crippen molar-refractivity contribution in [1.82, 2.24) is 0 Å². The van der Waals surface area contributed by atoms with Crippen LogP contribution in [0.4, 0.5) is 0 Å². The lowest BCUT2D eigenvalue weighted by Crippen LogP contribution is -2.23. The summed E-state index contributed by atoms with van der Waals surface area (Å²) in [6.07, 6.45) is 1.19. The second-order valence-electron chi connectivity index (χ2n) is 1.30. The van der Waals surface area contributed by atoms with E-state index in [1.165, 1.54) is 0 Å². The number of ether oxygens (including phenoxy) is 1. The summed E-state index contributed by atoms with van der Waals surface area (Å²) in [5.41, 5.74) is 0. The fourth-order valence-corrected chi connectivity index (χ4v) is 0.367. The SMILES string of the molecule is C=NC1CCO1. The normalized spacial score (nSPS) is 31.7. The Labute approximate surface area is 36.8 Å². The molecule has 0 amide bonds. The molecule has 0 saturated carbocycles. The van der Waals surface area contributed by atoms with Crippen LogP contribution in [0.2, 0.25) is 0 Å². The molecule has 2 nitrogen and oxygen atoms in total. The van der Waals surface area contributed by atoms with Crippen LogP contribution < -0.4 is 0 Å². The van der Waals surface area contributed by atoms with Gasteiger partial charge >= 0.3 is 0 Å². The molecule has 0 spiro atoms. The molecule has 1 heterocycles. The third-order valence-electron chi connectivity index (χ3n) is 0.879. The van der Waals surface area contributed by atoms with Crippen LogP contribution in [-0.2, 0) is 4.74 Å². The molecule has 0 aliphatic carbocycles. The lowest BCUT2D eigenvalue weighted by Gasteiger charge is -2.20. The van der Waals surface area contributed by atoms with Gasteiger partial charge in [0.25, 0.3) is 0 Å². The molecule has 0 aromatic carbocycles. The maximum Gasteiger partial charge on any atom is 0.149 e. The van der Waals surface area contributed by atoms with E-state index < -0.39 is 0 Å². The Bertz CT molecular complexity index is 58.6. The fraction of sp³-hybridized carbons (Fsp3) is 0.750. The van der Waals surface area contributed by atoms with Crippen LogP contribution in [-0.4, -0.2) is 19.6 Å². The number of hydrogen-bond acceptors (Lipinski definition) is 2. The summed E-state index contributed by atoms with van der Waals surface area (Å²) in [5.74, 6) is 0. The van der Waals surface area contributed by atoms with Crippen LogP contribution in [0.25, 0.3) is 0 Å². The van der Waals surface area contributed by atoms with Gasteiger partial charge in [-0.2, -0.15) is 0 Å². The van der Waals surface area contributed by atoms with Crippen molar-refractivity contribution in [2.24, 2.45) is 4.99 Å². The minimum absolute atomic E-state index is 0.130. The topological polar surface area (TPSA) is 21.6 Å². The van der Waals surface area contributed by atoms with Gasteiger partial charge < -0.3 is 4.74 Å². The largest absolute Gasteiger partial charge is 0.356 e. The Morgan fingerprint density at radius 1 is 1.83 bits per heavy atom. The van der Waals surface area contributed by atoms with Gasteiger partial charge in [0, 0.05) is 6.42 Å². The zero-order chi connectivity index (χ0) is 4.41. The van der Waals surface area contributed by atoms with E-state index in [1.807, 2.05) is 0 Å². The number of rotatable bonds is 1. The second kappa shape index (κ2) is 1.39. The Kier molecular flexibility index (Phi) is 0.881. The average molecular weight is 85.1 g/mol. The first-order chi connectivity index (χ1) is 2.93. The van der Waals surface area contributed by atoms with Crippen LogP contribution in [0.3, 0.4) is 0 Å². The van der Waals surface area contributed by atoms with Gasteiger partial charge in [-0.25, -0.2) is 0 Å². The van der Waals surface area contributed by atoms with E-state index >= 15 is 0 Å². The zero-order valence-electron chi connectivity index (χ0n) is 3.55. The van der Waals surface area contributed by atoms with Crippen molar-refractivity contribution < 1.29 is 4.74 Å². The fourth-order valence-electron chi connectivity index (χ4n) is 0.367. The van der Waals surface area contributed by atoms with Crippen molar-refractivity contribution in [3.05, 3.63) is 0 Å². The van der Waals surface area contributed by atoms with Gasteiger partial charge in [0.1, 0.15) is 6.23 Å². The predicted octanol–water partition coefficient (Wildman–Crippen LogP) is 0.433. The summed E-state index contributed by atoms with van der Waals surface area (Å²) in [6, 6.07) is 0. The van der Waals surface area contributed by atoms with Gasteiger partial charge in [0.15, 0.2) is 0 Å². The molecular formula is C4H7NO. The molecule has 2 heteroatoms. The summed E-state index contributed by atoms with van der Waals surface area (Å²) in [7, 11) is 0. The molecule has 1 fully saturated rings. The van der Waals surface area contributed by atoms with Crippen LogP contribution >= 0.6 is 0 Å². The quantitative estimate of drug-likeness (QED) is 0.423. The molecule has 1 aliphatic rings. The standard InChI is InChI=1S/C4H7NO/c1-5-4-2-3-6-4/h4H,1-3H2. The van der Waals surface area contributed by atoms with Gasteiger partial charge in [0.05, 0.1) is 6.61 Å². The van der Waals surface area contributed by atoms with Crippen molar-refractivity contribution in [3.8, 4) is 0 Å². The van der Waals surface area contributed by atoms with E-state index in [0.717, 1.165) is 13.0 Å². The molecule has 0 N–H and O–H groups in total. The van der Waals surface area contributed by atoms with Gasteiger partial charge in [-0.15, -0.1) is 0 Å². The van der Waals surface area contributed by atoms with E-state index in [9.17, 15) is 0 Å². The third-order valence-corrected chi connectivity index (χ3v) is 0.879. The van der Waals surface area contributed by atoms with Crippen LogP contribution in [0, 0.1) is 0 Å². The Morgan fingerprint density at radius 2 is 2.50 bits per heavy atom. The highest BCUT2D eigenvalue weighted by Crippen LogP contribution is 2.09. The first-order valence-electron chi connectivity index (χ1n) is 2.01. The molecule has 0 aromatic heterocycles. The van der Waals surface area contributed by atoms with Crippen molar-refractivity contribution in [2.75, 3.05) is 6.61 Å². The van der Waals surface area contributed by atoms with Crippen LogP contribution in [0.15, 0.2) is 4.99 Å². The average Bonchev–Trinajstić information content (AvgIpc) is 1.31. The zero-order valence-corrected chi connectivity index (χ0v) is 3.55. The maximum absolute atomic E-state index is 4.85. The van der Waals surface area contributed by atoms with Crippen LogP contribution in [0.1, 0.15) is 6.42 Å². The maximum atomic E-state index is 4.85. The smallest absolute Gasteiger partial charge is 0.149 e. The first kappa shape index (κ1) is 3.81. The molecule has 1 rings (SSSR count). The molecular weight excluding hydrogens is 78.0 g/mol. The molecule has 1 saturated heterocycles. The highest BCUT2D eigenvalue weighted by atomic mass is 16.5. The predicted molar refractivity (Wildman–Crippen MR) is 23.9 cm³/mol. The molecule has 34 valence electrons. The van der Waals surface area contributed by atoms with E-state index in [0.29, 0.717) is 0 Å². The lowest BCUT2D eigenvalue weighted by molar-refractivity contribution is -0.0431. The van der Waals surface area contributed by atoms with Crippen molar-refractivity contribution in [1.29, 1.82) is 0 Å². The van der Waals surface area contributed by atoms with Crippen molar-refractivity contribution >= 4 is 6.72 Å². The minimum atomic E-state index is 0.130. The molecule has 1 aliphatic heterocycles. The lowest BCUT2D eigenvalue weighted by atomic mass is 10.3. The van der Waals surface area contributed by atoms with E-state index in [4.69, 9.17) is 4.74 Å². The number of nitrogens with zero attached hydrogens (tertiary/aromatic N) is 1. The minimum Gasteiger partial charge on any atom is -0.356 e. The van der Waals surface area contributed by atoms with Gasteiger partial charge in [-0.1, -0.05) is 0 Å². The molecule has 0 aromatic rings. The highest BCUT2D eigenvalue weighted by molar-refractivity contribution is 5.23. The Morgan fingerprint density at radius 3 is 2.50 bits per heavy atom.